The van der Waals surface area contributed by atoms with Crippen molar-refractivity contribution in [1.82, 2.24) is 4.90 Å². The zero-order chi connectivity index (χ0) is 22.3. The molecular formula is C26H28N2O4. The highest BCUT2D eigenvalue weighted by molar-refractivity contribution is 5.92. The van der Waals surface area contributed by atoms with E-state index in [2.05, 4.69) is 34.1 Å². The van der Waals surface area contributed by atoms with Crippen molar-refractivity contribution in [2.45, 2.75) is 6.54 Å². The van der Waals surface area contributed by atoms with Gasteiger partial charge < -0.3 is 19.1 Å². The van der Waals surface area contributed by atoms with Gasteiger partial charge in [0.2, 0.25) is 0 Å². The molecule has 1 saturated heterocycles. The van der Waals surface area contributed by atoms with Crippen molar-refractivity contribution in [3.63, 3.8) is 0 Å². The maximum atomic E-state index is 12.8. The van der Waals surface area contributed by atoms with Crippen molar-refractivity contribution < 1.29 is 19.0 Å². The molecule has 0 aliphatic carbocycles. The summed E-state index contributed by atoms with van der Waals surface area (Å²) < 4.78 is 16.3. The van der Waals surface area contributed by atoms with Crippen LogP contribution >= 0.6 is 0 Å². The third-order valence-electron chi connectivity index (χ3n) is 5.68. The molecule has 0 N–H and O–H groups in total. The third kappa shape index (κ3) is 5.03. The van der Waals surface area contributed by atoms with Gasteiger partial charge in [-0.05, 0) is 36.4 Å². The van der Waals surface area contributed by atoms with Gasteiger partial charge in [-0.15, -0.1) is 0 Å². The molecule has 1 aliphatic heterocycles. The Hall–Kier alpha value is -3.51. The Kier molecular flexibility index (Phi) is 6.92. The van der Waals surface area contributed by atoms with Crippen LogP contribution in [0.2, 0.25) is 0 Å². The second kappa shape index (κ2) is 10.2. The number of ether oxygens (including phenoxy) is 3. The van der Waals surface area contributed by atoms with Gasteiger partial charge in [0.15, 0.2) is 11.5 Å². The minimum Gasteiger partial charge on any atom is -0.493 e. The average Bonchev–Trinajstić information content (AvgIpc) is 2.85. The number of methoxy groups -OCH3 is 2. The van der Waals surface area contributed by atoms with Gasteiger partial charge in [-0.3, -0.25) is 4.90 Å². The summed E-state index contributed by atoms with van der Waals surface area (Å²) in [5.41, 5.74) is 2.67. The molecule has 3 aromatic rings. The van der Waals surface area contributed by atoms with Gasteiger partial charge in [0.25, 0.3) is 0 Å². The third-order valence-corrected chi connectivity index (χ3v) is 5.68. The number of carbonyl (C=O) groups excluding carboxylic acids is 1. The summed E-state index contributed by atoms with van der Waals surface area (Å²) in [6.07, 6.45) is 0. The molecule has 4 rings (SSSR count). The second-order valence-corrected chi connectivity index (χ2v) is 7.67. The van der Waals surface area contributed by atoms with Crippen molar-refractivity contribution in [2.75, 3.05) is 45.3 Å². The number of carbonyl (C=O) groups is 1. The number of para-hydroxylation sites is 2. The molecule has 6 heteroatoms. The summed E-state index contributed by atoms with van der Waals surface area (Å²) in [7, 11) is 3.10. The number of piperazine rings is 1. The molecule has 0 radical (unpaired) electrons. The summed E-state index contributed by atoms with van der Waals surface area (Å²) in [5.74, 6) is 1.22. The Morgan fingerprint density at radius 3 is 2.19 bits per heavy atom. The number of nitrogens with zero attached hydrogens (tertiary/aromatic N) is 2. The zero-order valence-corrected chi connectivity index (χ0v) is 18.5. The van der Waals surface area contributed by atoms with E-state index in [1.807, 2.05) is 30.3 Å². The molecule has 0 atom stereocenters. The molecule has 0 unspecified atom stereocenters. The van der Waals surface area contributed by atoms with Crippen LogP contribution in [-0.2, 0) is 6.54 Å². The molecule has 6 nitrogen and oxygen atoms in total. The predicted molar refractivity (Wildman–Crippen MR) is 125 cm³/mol. The van der Waals surface area contributed by atoms with Crippen LogP contribution in [-0.4, -0.2) is 51.3 Å². The topological polar surface area (TPSA) is 51.2 Å². The van der Waals surface area contributed by atoms with Gasteiger partial charge in [0, 0.05) is 44.0 Å². The number of anilines is 1. The van der Waals surface area contributed by atoms with Gasteiger partial charge >= 0.3 is 5.97 Å². The van der Waals surface area contributed by atoms with E-state index in [0.29, 0.717) is 22.8 Å². The molecule has 0 aromatic heterocycles. The highest BCUT2D eigenvalue weighted by Gasteiger charge is 2.20. The molecule has 32 heavy (non-hydrogen) atoms. The van der Waals surface area contributed by atoms with Crippen LogP contribution in [0.4, 0.5) is 5.69 Å². The molecule has 1 heterocycles. The Morgan fingerprint density at radius 2 is 1.47 bits per heavy atom. The molecular weight excluding hydrogens is 404 g/mol. The first-order valence-corrected chi connectivity index (χ1v) is 10.7. The van der Waals surface area contributed by atoms with Crippen molar-refractivity contribution >= 4 is 11.7 Å². The quantitative estimate of drug-likeness (QED) is 0.411. The number of hydrogen-bond acceptors (Lipinski definition) is 6. The van der Waals surface area contributed by atoms with Crippen LogP contribution < -0.4 is 19.1 Å². The summed E-state index contributed by atoms with van der Waals surface area (Å²) in [6, 6.07) is 23.2. The number of hydrogen-bond donors (Lipinski definition) is 0. The zero-order valence-electron chi connectivity index (χ0n) is 18.5. The van der Waals surface area contributed by atoms with Gasteiger partial charge in [-0.2, -0.15) is 0 Å². The minimum atomic E-state index is -0.424. The Labute approximate surface area is 188 Å². The summed E-state index contributed by atoms with van der Waals surface area (Å²) in [5, 5.41) is 0. The fourth-order valence-electron chi connectivity index (χ4n) is 3.90. The lowest BCUT2D eigenvalue weighted by Gasteiger charge is -2.36. The van der Waals surface area contributed by atoms with Crippen molar-refractivity contribution in [2.24, 2.45) is 0 Å². The highest BCUT2D eigenvalue weighted by atomic mass is 16.5. The molecule has 1 aliphatic rings. The van der Waals surface area contributed by atoms with Crippen LogP contribution in [0.3, 0.4) is 0 Å². The fraction of sp³-hybridized carbons (Fsp3) is 0.269. The molecule has 0 bridgehead atoms. The maximum absolute atomic E-state index is 12.8. The first-order chi connectivity index (χ1) is 15.7. The largest absolute Gasteiger partial charge is 0.493 e. The Bertz CT molecular complexity index is 1050. The van der Waals surface area contributed by atoms with E-state index >= 15 is 0 Å². The van der Waals surface area contributed by atoms with Gasteiger partial charge in [0.1, 0.15) is 5.75 Å². The van der Waals surface area contributed by atoms with Crippen molar-refractivity contribution in [1.29, 1.82) is 0 Å². The van der Waals surface area contributed by atoms with Gasteiger partial charge in [-0.1, -0.05) is 36.4 Å². The van der Waals surface area contributed by atoms with E-state index in [4.69, 9.17) is 14.2 Å². The maximum Gasteiger partial charge on any atom is 0.343 e. The fourth-order valence-corrected chi connectivity index (χ4v) is 3.90. The molecule has 1 fully saturated rings. The highest BCUT2D eigenvalue weighted by Crippen LogP contribution is 2.29. The molecule has 3 aromatic carbocycles. The lowest BCUT2D eigenvalue weighted by atomic mass is 10.1. The Balaban J connectivity index is 1.41. The lowest BCUT2D eigenvalue weighted by molar-refractivity contribution is 0.0731. The minimum absolute atomic E-state index is 0.411. The van der Waals surface area contributed by atoms with E-state index in [1.54, 1.807) is 32.4 Å². The van der Waals surface area contributed by atoms with Gasteiger partial charge in [-0.25, -0.2) is 4.79 Å². The van der Waals surface area contributed by atoms with Crippen molar-refractivity contribution in [3.8, 4) is 17.2 Å². The molecule has 0 saturated carbocycles. The van der Waals surface area contributed by atoms with Crippen LogP contribution in [0.5, 0.6) is 17.2 Å². The smallest absolute Gasteiger partial charge is 0.343 e. The molecule has 0 spiro atoms. The standard InChI is InChI=1S/C26H28N2O4/c1-30-24-13-12-20(18-25(24)31-2)26(29)32-23-11-7-6-8-21(23)19-27-14-16-28(17-15-27)22-9-4-3-5-10-22/h3-13,18H,14-17,19H2,1-2H3. The number of benzene rings is 3. The Morgan fingerprint density at radius 1 is 0.781 bits per heavy atom. The number of esters is 1. The van der Waals surface area contributed by atoms with Crippen LogP contribution in [0.15, 0.2) is 72.8 Å². The lowest BCUT2D eigenvalue weighted by Crippen LogP contribution is -2.46. The summed E-state index contributed by atoms with van der Waals surface area (Å²) >= 11 is 0. The van der Waals surface area contributed by atoms with Gasteiger partial charge in [0.05, 0.1) is 19.8 Å². The van der Waals surface area contributed by atoms with E-state index < -0.39 is 5.97 Å². The monoisotopic (exact) mass is 432 g/mol. The van der Waals surface area contributed by atoms with E-state index in [-0.39, 0.29) is 0 Å². The van der Waals surface area contributed by atoms with Crippen LogP contribution in [0.1, 0.15) is 15.9 Å². The molecule has 0 amide bonds. The second-order valence-electron chi connectivity index (χ2n) is 7.67. The normalized spacial score (nSPS) is 14.1. The van der Waals surface area contributed by atoms with Crippen molar-refractivity contribution in [3.05, 3.63) is 83.9 Å². The first kappa shape index (κ1) is 21.7. The van der Waals surface area contributed by atoms with E-state index in [9.17, 15) is 4.79 Å². The average molecular weight is 433 g/mol. The van der Waals surface area contributed by atoms with E-state index in [0.717, 1.165) is 38.3 Å². The van der Waals surface area contributed by atoms with Crippen LogP contribution in [0, 0.1) is 0 Å². The summed E-state index contributed by atoms with van der Waals surface area (Å²) in [4.78, 5) is 17.6. The predicted octanol–water partition coefficient (Wildman–Crippen LogP) is 4.25. The molecule has 166 valence electrons. The van der Waals surface area contributed by atoms with Crippen LogP contribution in [0.25, 0.3) is 0 Å². The number of rotatable bonds is 7. The SMILES string of the molecule is COc1ccc(C(=O)Oc2ccccc2CN2CCN(c3ccccc3)CC2)cc1OC. The first-order valence-electron chi connectivity index (χ1n) is 10.7. The summed E-state index contributed by atoms with van der Waals surface area (Å²) in [6.45, 7) is 4.58. The van der Waals surface area contributed by atoms with E-state index in [1.165, 1.54) is 5.69 Å².